The lowest BCUT2D eigenvalue weighted by Crippen LogP contribution is -2.38. The molecule has 40 heavy (non-hydrogen) atoms. The van der Waals surface area contributed by atoms with E-state index in [1.54, 1.807) is 26.8 Å². The van der Waals surface area contributed by atoms with Gasteiger partial charge in [0.25, 0.3) is 0 Å². The number of nitrogens with zero attached hydrogens (tertiary/aromatic N) is 3. The fourth-order valence-corrected chi connectivity index (χ4v) is 4.77. The molecule has 15 heteroatoms. The summed E-state index contributed by atoms with van der Waals surface area (Å²) < 4.78 is 85.6. The van der Waals surface area contributed by atoms with E-state index in [1.807, 2.05) is 0 Å². The van der Waals surface area contributed by atoms with Crippen LogP contribution >= 0.6 is 0 Å². The molecule has 0 fully saturated rings. The van der Waals surface area contributed by atoms with Crippen LogP contribution in [0.15, 0.2) is 41.6 Å². The van der Waals surface area contributed by atoms with Gasteiger partial charge in [-0.3, -0.25) is 9.30 Å². The second-order valence-corrected chi connectivity index (χ2v) is 11.6. The molecule has 0 atom stereocenters. The molecular formula is C25H28F3N3O8S. The maximum atomic E-state index is 13.5. The minimum Gasteiger partial charge on any atom is -0.495 e. The van der Waals surface area contributed by atoms with E-state index in [1.165, 1.54) is 30.7 Å². The molecule has 0 unspecified atom stereocenters. The summed E-state index contributed by atoms with van der Waals surface area (Å²) in [5.74, 6) is -2.09. The van der Waals surface area contributed by atoms with Gasteiger partial charge in [-0.15, -0.1) is 13.2 Å². The third kappa shape index (κ3) is 6.94. The van der Waals surface area contributed by atoms with Gasteiger partial charge in [0.1, 0.15) is 22.7 Å². The smallest absolute Gasteiger partial charge is 0.495 e. The standard InChI is InChI=1S/C25H28F3N3O8S/c1-7-40(34,35)21-20(29-19-11-10-17(36-5)14-30(19)21)31(23(33)39-24(2,3)4)13-15-8-9-16(38-25(26,27)28)12-18(15)22(32)37-6/h8-12,14H,7,13H2,1-6H3. The lowest BCUT2D eigenvalue weighted by molar-refractivity contribution is -0.274. The Balaban J connectivity index is 2.28. The predicted molar refractivity (Wildman–Crippen MR) is 136 cm³/mol. The molecule has 1 aromatic carbocycles. The van der Waals surface area contributed by atoms with Crippen molar-refractivity contribution in [2.45, 2.75) is 51.2 Å². The maximum absolute atomic E-state index is 13.5. The number of methoxy groups -OCH3 is 2. The van der Waals surface area contributed by atoms with Crippen LogP contribution in [-0.4, -0.2) is 61.8 Å². The molecule has 0 saturated heterocycles. The van der Waals surface area contributed by atoms with Crippen LogP contribution in [0.3, 0.4) is 0 Å². The highest BCUT2D eigenvalue weighted by atomic mass is 32.2. The number of anilines is 1. The summed E-state index contributed by atoms with van der Waals surface area (Å²) in [7, 11) is -1.64. The summed E-state index contributed by atoms with van der Waals surface area (Å²) >= 11 is 0. The van der Waals surface area contributed by atoms with Crippen molar-refractivity contribution in [2.24, 2.45) is 0 Å². The van der Waals surface area contributed by atoms with E-state index in [0.29, 0.717) is 5.75 Å². The monoisotopic (exact) mass is 587 g/mol. The number of ether oxygens (including phenoxy) is 4. The van der Waals surface area contributed by atoms with Gasteiger partial charge in [-0.25, -0.2) is 23.0 Å². The van der Waals surface area contributed by atoms with E-state index in [9.17, 15) is 31.2 Å². The summed E-state index contributed by atoms with van der Waals surface area (Å²) in [5, 5.41) is -0.355. The number of aromatic nitrogens is 2. The number of esters is 1. The Morgan fingerprint density at radius 2 is 1.70 bits per heavy atom. The van der Waals surface area contributed by atoms with Gasteiger partial charge in [0, 0.05) is 0 Å². The van der Waals surface area contributed by atoms with Crippen molar-refractivity contribution < 1.29 is 50.1 Å². The molecule has 0 aliphatic carbocycles. The molecule has 218 valence electrons. The van der Waals surface area contributed by atoms with Crippen molar-refractivity contribution >= 4 is 33.4 Å². The van der Waals surface area contributed by atoms with Gasteiger partial charge < -0.3 is 18.9 Å². The van der Waals surface area contributed by atoms with Crippen molar-refractivity contribution in [3.8, 4) is 11.5 Å². The van der Waals surface area contributed by atoms with Crippen LogP contribution in [0.25, 0.3) is 5.65 Å². The number of hydrogen-bond acceptors (Lipinski definition) is 9. The second-order valence-electron chi connectivity index (χ2n) is 9.37. The van der Waals surface area contributed by atoms with Crippen LogP contribution in [-0.2, 0) is 25.9 Å². The Labute approximate surface area is 228 Å². The zero-order chi connectivity index (χ0) is 30.0. The summed E-state index contributed by atoms with van der Waals surface area (Å²) in [4.78, 5) is 31.3. The Bertz CT molecular complexity index is 1530. The van der Waals surface area contributed by atoms with E-state index in [0.717, 1.165) is 30.2 Å². The van der Waals surface area contributed by atoms with Crippen molar-refractivity contribution in [1.82, 2.24) is 9.38 Å². The summed E-state index contributed by atoms with van der Waals surface area (Å²) in [6, 6.07) is 5.90. The van der Waals surface area contributed by atoms with Gasteiger partial charge >= 0.3 is 18.4 Å². The first-order valence-corrected chi connectivity index (χ1v) is 13.4. The van der Waals surface area contributed by atoms with Crippen molar-refractivity contribution in [3.05, 3.63) is 47.7 Å². The normalized spacial score (nSPS) is 12.2. The molecule has 0 N–H and O–H groups in total. The molecule has 1 amide bonds. The number of pyridine rings is 1. The largest absolute Gasteiger partial charge is 0.573 e. The highest BCUT2D eigenvalue weighted by Crippen LogP contribution is 2.33. The van der Waals surface area contributed by atoms with Crippen LogP contribution in [0.4, 0.5) is 23.8 Å². The molecule has 0 saturated carbocycles. The third-order valence-corrected chi connectivity index (χ3v) is 7.09. The summed E-state index contributed by atoms with van der Waals surface area (Å²) in [5.41, 5.74) is -1.24. The van der Waals surface area contributed by atoms with Gasteiger partial charge in [-0.2, -0.15) is 0 Å². The average molecular weight is 588 g/mol. The van der Waals surface area contributed by atoms with E-state index < -0.39 is 46.2 Å². The first-order valence-electron chi connectivity index (χ1n) is 11.8. The van der Waals surface area contributed by atoms with Crippen molar-refractivity contribution in [2.75, 3.05) is 24.9 Å². The molecule has 0 radical (unpaired) electrons. The van der Waals surface area contributed by atoms with Crippen molar-refractivity contribution in [1.29, 1.82) is 0 Å². The lowest BCUT2D eigenvalue weighted by Gasteiger charge is -2.27. The Kier molecular flexibility index (Phi) is 8.57. The van der Waals surface area contributed by atoms with Gasteiger partial charge in [-0.05, 0) is 50.6 Å². The number of halogens is 3. The molecular weight excluding hydrogens is 559 g/mol. The molecule has 2 heterocycles. The van der Waals surface area contributed by atoms with E-state index >= 15 is 0 Å². The number of alkyl halides is 3. The second kappa shape index (κ2) is 11.2. The average Bonchev–Trinajstić information content (AvgIpc) is 3.24. The first-order chi connectivity index (χ1) is 18.5. The number of imidazole rings is 1. The maximum Gasteiger partial charge on any atom is 0.573 e. The number of rotatable bonds is 8. The van der Waals surface area contributed by atoms with Crippen LogP contribution in [0.5, 0.6) is 11.5 Å². The van der Waals surface area contributed by atoms with Gasteiger partial charge in [-0.1, -0.05) is 13.0 Å². The molecule has 2 aromatic heterocycles. The van der Waals surface area contributed by atoms with E-state index in [2.05, 4.69) is 9.72 Å². The molecule has 11 nitrogen and oxygen atoms in total. The Morgan fingerprint density at radius 3 is 2.25 bits per heavy atom. The van der Waals surface area contributed by atoms with E-state index in [4.69, 9.17) is 14.2 Å². The minimum atomic E-state index is -5.03. The van der Waals surface area contributed by atoms with Crippen LogP contribution in [0.1, 0.15) is 43.6 Å². The number of sulfone groups is 1. The van der Waals surface area contributed by atoms with Gasteiger partial charge in [0.15, 0.2) is 20.7 Å². The van der Waals surface area contributed by atoms with Crippen LogP contribution in [0.2, 0.25) is 0 Å². The van der Waals surface area contributed by atoms with Gasteiger partial charge in [0.2, 0.25) is 0 Å². The summed E-state index contributed by atoms with van der Waals surface area (Å²) in [6.45, 7) is 5.64. The topological polar surface area (TPSA) is 126 Å². The fourth-order valence-electron chi connectivity index (χ4n) is 3.62. The number of amides is 1. The highest BCUT2D eigenvalue weighted by molar-refractivity contribution is 7.91. The minimum absolute atomic E-state index is 0.00159. The van der Waals surface area contributed by atoms with Crippen molar-refractivity contribution in [3.63, 3.8) is 0 Å². The number of carbonyl (C=O) groups is 2. The fraction of sp³-hybridized carbons (Fsp3) is 0.400. The van der Waals surface area contributed by atoms with Gasteiger partial charge in [0.05, 0.1) is 38.3 Å². The number of carbonyl (C=O) groups excluding carboxylic acids is 2. The summed E-state index contributed by atoms with van der Waals surface area (Å²) in [6.07, 6.45) is -4.68. The van der Waals surface area contributed by atoms with E-state index in [-0.39, 0.29) is 33.4 Å². The molecule has 0 aliphatic heterocycles. The number of fused-ring (bicyclic) bond motifs is 1. The molecule has 0 aliphatic rings. The zero-order valence-corrected chi connectivity index (χ0v) is 23.3. The SMILES string of the molecule is CCS(=O)(=O)c1c(N(Cc2ccc(OC(F)(F)F)cc2C(=O)OC)C(=O)OC(C)(C)C)nc2ccc(OC)cn12. The highest BCUT2D eigenvalue weighted by Gasteiger charge is 2.35. The predicted octanol–water partition coefficient (Wildman–Crippen LogP) is 4.76. The van der Waals surface area contributed by atoms with Crippen LogP contribution in [0, 0.1) is 0 Å². The first kappa shape index (κ1) is 30.5. The molecule has 3 aromatic rings. The third-order valence-electron chi connectivity index (χ3n) is 5.36. The van der Waals surface area contributed by atoms with Crippen LogP contribution < -0.4 is 14.4 Å². The number of benzene rings is 1. The zero-order valence-electron chi connectivity index (χ0n) is 22.5. The lowest BCUT2D eigenvalue weighted by atomic mass is 10.1. The number of hydrogen-bond donors (Lipinski definition) is 0. The molecule has 0 spiro atoms. The Hall–Kier alpha value is -4.01. The molecule has 0 bridgehead atoms. The quantitative estimate of drug-likeness (QED) is 0.343. The Morgan fingerprint density at radius 1 is 1.05 bits per heavy atom. The molecule has 3 rings (SSSR count).